The van der Waals surface area contributed by atoms with Crippen LogP contribution in [0.25, 0.3) is 0 Å². The molecule has 0 fully saturated rings. The molecule has 36 heavy (non-hydrogen) atoms. The first-order valence-corrected chi connectivity index (χ1v) is 7.91. The van der Waals surface area contributed by atoms with E-state index >= 15 is 0 Å². The maximum atomic E-state index is 14.2. The number of halogens is 17. The van der Waals surface area contributed by atoms with Gasteiger partial charge in [-0.3, -0.25) is 9.47 Å². The predicted octanol–water partition coefficient (Wildman–Crippen LogP) is 5.86. The maximum absolute atomic E-state index is 14.2. The van der Waals surface area contributed by atoms with Crippen molar-refractivity contribution < 1.29 is 93.6 Å². The fourth-order valence-electron chi connectivity index (χ4n) is 1.71. The molecule has 1 aromatic rings. The summed E-state index contributed by atoms with van der Waals surface area (Å²) in [5.74, 6) is -28.1. The van der Waals surface area contributed by atoms with Crippen molar-refractivity contribution in [2.24, 2.45) is 0 Å². The number of esters is 1. The third-order valence-corrected chi connectivity index (χ3v) is 3.46. The minimum absolute atomic E-state index is 0.408. The van der Waals surface area contributed by atoms with Gasteiger partial charge in [0.25, 0.3) is 0 Å². The van der Waals surface area contributed by atoms with E-state index in [0.717, 1.165) is 12.1 Å². The molecule has 0 aliphatic carbocycles. The van der Waals surface area contributed by atoms with Crippen LogP contribution in [0.15, 0.2) is 24.4 Å². The number of nitrogens with zero attached hydrogens (tertiary/aromatic N) is 1. The molecule has 5 nitrogen and oxygen atoms in total. The third kappa shape index (κ3) is 5.52. The lowest BCUT2D eigenvalue weighted by molar-refractivity contribution is -0.548. The van der Waals surface area contributed by atoms with Gasteiger partial charge < -0.3 is 4.74 Å². The number of hydrogen-bond acceptors (Lipinski definition) is 5. The Bertz CT molecular complexity index is 928. The second-order valence-corrected chi connectivity index (χ2v) is 6.05. The Morgan fingerprint density at radius 2 is 1.14 bits per heavy atom. The number of rotatable bonds is 8. The average molecular weight is 573 g/mol. The van der Waals surface area contributed by atoms with Crippen molar-refractivity contribution in [2.75, 3.05) is 0 Å². The van der Waals surface area contributed by atoms with E-state index in [1.807, 2.05) is 4.74 Å². The molecule has 0 bridgehead atoms. The number of carbonyl (C=O) groups is 1. The summed E-state index contributed by atoms with van der Waals surface area (Å²) in [6, 6.07) is 2.15. The van der Waals surface area contributed by atoms with Crippen LogP contribution in [0.2, 0.25) is 0 Å². The van der Waals surface area contributed by atoms with E-state index in [4.69, 9.17) is 0 Å². The second-order valence-electron chi connectivity index (χ2n) is 6.05. The zero-order valence-corrected chi connectivity index (χ0v) is 15.8. The van der Waals surface area contributed by atoms with Gasteiger partial charge in [-0.1, -0.05) is 6.07 Å². The lowest BCUT2D eigenvalue weighted by Crippen LogP contribution is -2.68. The van der Waals surface area contributed by atoms with Crippen molar-refractivity contribution in [2.45, 2.75) is 48.4 Å². The molecule has 0 N–H and O–H groups in total. The van der Waals surface area contributed by atoms with E-state index in [-0.39, 0.29) is 0 Å². The molecule has 0 unspecified atom stereocenters. The molecule has 208 valence electrons. The summed E-state index contributed by atoms with van der Waals surface area (Å²) in [5, 5.41) is 0. The Morgan fingerprint density at radius 1 is 0.639 bits per heavy atom. The van der Waals surface area contributed by atoms with Crippen molar-refractivity contribution in [1.82, 2.24) is 4.98 Å². The topological polar surface area (TPSA) is 57.7 Å². The summed E-state index contributed by atoms with van der Waals surface area (Å²) in [7, 11) is 0. The largest absolute Gasteiger partial charge is 0.462 e. The van der Waals surface area contributed by atoms with Gasteiger partial charge in [-0.25, -0.2) is 9.78 Å². The van der Waals surface area contributed by atoms with E-state index in [2.05, 4.69) is 9.72 Å². The Balaban J connectivity index is 3.61. The molecular weight excluding hydrogens is 569 g/mol. The summed E-state index contributed by atoms with van der Waals surface area (Å²) >= 11 is 0. The number of alkyl halides is 17. The van der Waals surface area contributed by atoms with Crippen LogP contribution >= 0.6 is 0 Å². The molecule has 0 aliphatic heterocycles. The second kappa shape index (κ2) is 9.03. The minimum Gasteiger partial charge on any atom is -0.403 e. The zero-order chi connectivity index (χ0) is 28.8. The molecule has 0 aromatic carbocycles. The van der Waals surface area contributed by atoms with Crippen molar-refractivity contribution in [3.63, 3.8) is 0 Å². The van der Waals surface area contributed by atoms with E-state index < -0.39 is 60.2 Å². The molecule has 0 radical (unpaired) electrons. The van der Waals surface area contributed by atoms with Crippen LogP contribution in [0.4, 0.5) is 74.6 Å². The van der Waals surface area contributed by atoms with Gasteiger partial charge in [-0.15, -0.1) is 0 Å². The number of pyridine rings is 1. The fraction of sp³-hybridized carbons (Fsp3) is 0.571. The Hall–Kier alpha value is -2.65. The average Bonchev–Trinajstić information content (AvgIpc) is 2.65. The summed E-state index contributed by atoms with van der Waals surface area (Å²) in [4.78, 5) is 14.3. The van der Waals surface area contributed by atoms with Crippen molar-refractivity contribution >= 4 is 5.97 Å². The van der Waals surface area contributed by atoms with E-state index in [1.165, 1.54) is 4.74 Å². The minimum atomic E-state index is -8.09. The van der Waals surface area contributed by atoms with Crippen LogP contribution in [-0.4, -0.2) is 59.3 Å². The van der Waals surface area contributed by atoms with Crippen LogP contribution in [0.3, 0.4) is 0 Å². The molecule has 0 saturated carbocycles. The summed E-state index contributed by atoms with van der Waals surface area (Å²) in [5.41, 5.74) is 0. The van der Waals surface area contributed by atoms with Gasteiger partial charge in [0.05, 0.1) is 0 Å². The molecule has 1 aromatic heterocycles. The molecule has 1 rings (SSSR count). The molecule has 1 heterocycles. The van der Waals surface area contributed by atoms with Crippen molar-refractivity contribution in [1.29, 1.82) is 0 Å². The summed E-state index contributed by atoms with van der Waals surface area (Å²) in [6.45, 7) is 0. The third-order valence-electron chi connectivity index (χ3n) is 3.46. The van der Waals surface area contributed by atoms with E-state index in [9.17, 15) is 79.4 Å². The van der Waals surface area contributed by atoms with E-state index in [0.29, 0.717) is 12.3 Å². The van der Waals surface area contributed by atoms with Gasteiger partial charge in [0.2, 0.25) is 5.88 Å². The highest BCUT2D eigenvalue weighted by Crippen LogP contribution is 2.56. The van der Waals surface area contributed by atoms with Crippen LogP contribution in [0.5, 0.6) is 5.88 Å². The van der Waals surface area contributed by atoms with Crippen LogP contribution in [0.1, 0.15) is 0 Å². The SMILES string of the molecule is O=C(Oc1ccccn1)[C@](F)(OC(F)(F)[C@](F)(OC(F)(F)C(F)(F)C(F)(F)F)C(F)(F)F)C(F)(F)F. The molecular formula is C14H4F17NO4. The Morgan fingerprint density at radius 3 is 1.50 bits per heavy atom. The van der Waals surface area contributed by atoms with Gasteiger partial charge >= 0.3 is 54.3 Å². The van der Waals surface area contributed by atoms with Gasteiger partial charge in [-0.05, 0) is 6.07 Å². The van der Waals surface area contributed by atoms with Crippen molar-refractivity contribution in [3.8, 4) is 5.88 Å². The van der Waals surface area contributed by atoms with Crippen LogP contribution < -0.4 is 4.74 Å². The number of ether oxygens (including phenoxy) is 3. The van der Waals surface area contributed by atoms with Gasteiger partial charge in [0.1, 0.15) is 0 Å². The van der Waals surface area contributed by atoms with Gasteiger partial charge in [0.15, 0.2) is 0 Å². The molecule has 0 aliphatic rings. The highest BCUT2D eigenvalue weighted by molar-refractivity contribution is 5.80. The molecule has 0 saturated heterocycles. The lowest BCUT2D eigenvalue weighted by atomic mass is 10.2. The monoisotopic (exact) mass is 573 g/mol. The van der Waals surface area contributed by atoms with Crippen LogP contribution in [-0.2, 0) is 14.3 Å². The molecule has 0 spiro atoms. The molecule has 0 amide bonds. The Kier molecular flexibility index (Phi) is 7.87. The highest BCUT2D eigenvalue weighted by Gasteiger charge is 2.85. The normalized spacial score (nSPS) is 17.8. The van der Waals surface area contributed by atoms with Gasteiger partial charge in [0, 0.05) is 12.3 Å². The first kappa shape index (κ1) is 31.4. The number of hydrogen-bond donors (Lipinski definition) is 0. The number of carbonyl (C=O) groups excluding carboxylic acids is 1. The first-order chi connectivity index (χ1) is 15.7. The summed E-state index contributed by atoms with van der Waals surface area (Å²) in [6.07, 6.45) is -38.2. The smallest absolute Gasteiger partial charge is 0.403 e. The van der Waals surface area contributed by atoms with Gasteiger partial charge in [-0.2, -0.15) is 74.6 Å². The van der Waals surface area contributed by atoms with Crippen LogP contribution in [0, 0.1) is 0 Å². The molecule has 22 heteroatoms. The molecule has 2 atom stereocenters. The number of aromatic nitrogens is 1. The maximum Gasteiger partial charge on any atom is 0.462 e. The quantitative estimate of drug-likeness (QED) is 0.288. The fourth-order valence-corrected chi connectivity index (χ4v) is 1.71. The van der Waals surface area contributed by atoms with E-state index in [1.54, 1.807) is 0 Å². The Labute approximate surface area is 184 Å². The highest BCUT2D eigenvalue weighted by atomic mass is 19.4. The standard InChI is InChI=1S/C14H4F17NO4/c15-7(10(19,20)21,6(33)34-5-3-1-2-4-32-5)35-14(30,31)9(18,12(25,26)27)36-13(28,29)8(16,17)11(22,23)24/h1-4H/t7-,9+/m0/s1. The zero-order valence-electron chi connectivity index (χ0n) is 15.8. The predicted molar refractivity (Wildman–Crippen MR) is 72.7 cm³/mol. The van der Waals surface area contributed by atoms with Crippen molar-refractivity contribution in [3.05, 3.63) is 24.4 Å². The first-order valence-electron chi connectivity index (χ1n) is 7.91. The lowest BCUT2D eigenvalue weighted by Gasteiger charge is -2.39. The summed E-state index contributed by atoms with van der Waals surface area (Å²) < 4.78 is 228.